The smallest absolute Gasteiger partial charge is 0.150 e. The van der Waals surface area contributed by atoms with Gasteiger partial charge in [0, 0.05) is 5.75 Å². The highest BCUT2D eigenvalue weighted by molar-refractivity contribution is 7.91. The van der Waals surface area contributed by atoms with Crippen molar-refractivity contribution in [3.8, 4) is 0 Å². The summed E-state index contributed by atoms with van der Waals surface area (Å²) in [5, 5.41) is 3.45. The van der Waals surface area contributed by atoms with Gasteiger partial charge < -0.3 is 5.32 Å². The van der Waals surface area contributed by atoms with E-state index >= 15 is 0 Å². The van der Waals surface area contributed by atoms with Crippen LogP contribution in [0.15, 0.2) is 0 Å². The van der Waals surface area contributed by atoms with Gasteiger partial charge in [0.15, 0.2) is 0 Å². The van der Waals surface area contributed by atoms with E-state index in [-0.39, 0.29) is 0 Å². The van der Waals surface area contributed by atoms with Crippen LogP contribution in [0.1, 0.15) is 58.8 Å². The number of nitrogens with one attached hydrogen (secondary N) is 1. The normalized spacial score (nSPS) is 25.2. The Morgan fingerprint density at radius 2 is 1.68 bits per heavy atom. The van der Waals surface area contributed by atoms with Gasteiger partial charge >= 0.3 is 0 Å². The molecule has 0 aromatic carbocycles. The first-order valence-corrected chi connectivity index (χ1v) is 9.82. The van der Waals surface area contributed by atoms with E-state index in [4.69, 9.17) is 0 Å². The van der Waals surface area contributed by atoms with Crippen LogP contribution in [0.3, 0.4) is 0 Å². The maximum absolute atomic E-state index is 11.9. The lowest BCUT2D eigenvalue weighted by atomic mass is 9.86. The summed E-state index contributed by atoms with van der Waals surface area (Å²) in [5.74, 6) is 2.04. The molecule has 0 aromatic rings. The number of hydrogen-bond acceptors (Lipinski definition) is 3. The second kappa shape index (κ2) is 8.96. The Labute approximate surface area is 119 Å². The van der Waals surface area contributed by atoms with E-state index in [0.717, 1.165) is 25.9 Å². The third-order valence-corrected chi connectivity index (χ3v) is 6.18. The molecule has 0 saturated heterocycles. The summed E-state index contributed by atoms with van der Waals surface area (Å²) in [6, 6.07) is 0. The van der Waals surface area contributed by atoms with Crippen molar-refractivity contribution in [1.82, 2.24) is 5.32 Å². The van der Waals surface area contributed by atoms with Crippen molar-refractivity contribution < 1.29 is 8.42 Å². The molecule has 1 N–H and O–H groups in total. The van der Waals surface area contributed by atoms with Crippen molar-refractivity contribution in [3.63, 3.8) is 0 Å². The first kappa shape index (κ1) is 17.0. The predicted octanol–water partition coefficient (Wildman–Crippen LogP) is 3.01. The first-order valence-electron chi connectivity index (χ1n) is 8.00. The van der Waals surface area contributed by atoms with Crippen LogP contribution in [0.5, 0.6) is 0 Å². The highest BCUT2D eigenvalue weighted by Crippen LogP contribution is 2.31. The van der Waals surface area contributed by atoms with Crippen LogP contribution in [0.2, 0.25) is 0 Å². The Morgan fingerprint density at radius 3 is 2.32 bits per heavy atom. The molecule has 114 valence electrons. The van der Waals surface area contributed by atoms with Gasteiger partial charge in [-0.25, -0.2) is 8.42 Å². The largest absolute Gasteiger partial charge is 0.317 e. The van der Waals surface area contributed by atoms with E-state index < -0.39 is 9.84 Å². The van der Waals surface area contributed by atoms with Gasteiger partial charge in [-0.2, -0.15) is 0 Å². The van der Waals surface area contributed by atoms with Gasteiger partial charge in [-0.05, 0) is 44.2 Å². The zero-order chi connectivity index (χ0) is 14.1. The van der Waals surface area contributed by atoms with Crippen LogP contribution in [-0.2, 0) is 9.84 Å². The second-order valence-corrected chi connectivity index (χ2v) is 8.21. The molecule has 0 heterocycles. The molecule has 2 unspecified atom stereocenters. The van der Waals surface area contributed by atoms with E-state index in [0.29, 0.717) is 23.3 Å². The van der Waals surface area contributed by atoms with Crippen molar-refractivity contribution in [2.75, 3.05) is 24.6 Å². The fraction of sp³-hybridized carbons (Fsp3) is 1.00. The maximum atomic E-state index is 11.9. The predicted molar refractivity (Wildman–Crippen MR) is 82.2 cm³/mol. The van der Waals surface area contributed by atoms with Crippen molar-refractivity contribution in [2.45, 2.75) is 58.8 Å². The van der Waals surface area contributed by atoms with Gasteiger partial charge in [0.2, 0.25) is 0 Å². The Morgan fingerprint density at radius 1 is 1.00 bits per heavy atom. The average molecular weight is 289 g/mol. The van der Waals surface area contributed by atoms with Crippen LogP contribution >= 0.6 is 0 Å². The van der Waals surface area contributed by atoms with E-state index in [1.807, 2.05) is 6.92 Å². The van der Waals surface area contributed by atoms with Crippen LogP contribution in [0.25, 0.3) is 0 Å². The van der Waals surface area contributed by atoms with Crippen molar-refractivity contribution in [2.24, 2.45) is 11.8 Å². The van der Waals surface area contributed by atoms with Gasteiger partial charge in [0.25, 0.3) is 0 Å². The molecule has 1 rings (SSSR count). The van der Waals surface area contributed by atoms with E-state index in [9.17, 15) is 8.42 Å². The monoisotopic (exact) mass is 289 g/mol. The molecule has 0 radical (unpaired) electrons. The molecule has 1 saturated carbocycles. The Kier molecular flexibility index (Phi) is 8.00. The van der Waals surface area contributed by atoms with E-state index in [1.165, 1.54) is 32.1 Å². The Hall–Kier alpha value is -0.0900. The molecular formula is C15H31NO2S. The lowest BCUT2D eigenvalue weighted by Crippen LogP contribution is -2.29. The number of hydrogen-bond donors (Lipinski definition) is 1. The molecule has 4 heteroatoms. The van der Waals surface area contributed by atoms with Crippen LogP contribution in [-0.4, -0.2) is 33.0 Å². The minimum atomic E-state index is -2.81. The zero-order valence-corrected chi connectivity index (χ0v) is 13.5. The molecule has 0 bridgehead atoms. The quantitative estimate of drug-likeness (QED) is 0.699. The SMILES string of the molecule is CCCS(=O)(=O)CCC1CCCCCC1CNCC. The summed E-state index contributed by atoms with van der Waals surface area (Å²) in [4.78, 5) is 0. The van der Waals surface area contributed by atoms with Gasteiger partial charge in [-0.1, -0.05) is 39.5 Å². The van der Waals surface area contributed by atoms with Gasteiger partial charge in [0.1, 0.15) is 9.84 Å². The lowest BCUT2D eigenvalue weighted by Gasteiger charge is -2.25. The summed E-state index contributed by atoms with van der Waals surface area (Å²) in [6.45, 7) is 6.15. The van der Waals surface area contributed by atoms with Gasteiger partial charge in [0.05, 0.1) is 5.75 Å². The molecule has 19 heavy (non-hydrogen) atoms. The minimum Gasteiger partial charge on any atom is -0.317 e. The molecule has 0 spiro atoms. The minimum absolute atomic E-state index is 0.359. The fourth-order valence-electron chi connectivity index (χ4n) is 3.18. The molecule has 0 aromatic heterocycles. The molecule has 1 aliphatic rings. The van der Waals surface area contributed by atoms with E-state index in [2.05, 4.69) is 12.2 Å². The maximum Gasteiger partial charge on any atom is 0.150 e. The molecule has 1 fully saturated rings. The zero-order valence-electron chi connectivity index (χ0n) is 12.7. The topological polar surface area (TPSA) is 46.2 Å². The Bertz CT molecular complexity index is 327. The third kappa shape index (κ3) is 6.75. The number of sulfone groups is 1. The standard InChI is InChI=1S/C15H31NO2S/c1-3-11-19(17,18)12-10-14-8-6-5-7-9-15(14)13-16-4-2/h14-16H,3-13H2,1-2H3. The number of rotatable bonds is 8. The first-order chi connectivity index (χ1) is 9.09. The van der Waals surface area contributed by atoms with E-state index in [1.54, 1.807) is 0 Å². The summed E-state index contributed by atoms with van der Waals surface area (Å²) < 4.78 is 23.7. The van der Waals surface area contributed by atoms with Crippen molar-refractivity contribution in [3.05, 3.63) is 0 Å². The molecule has 0 aliphatic heterocycles. The highest BCUT2D eigenvalue weighted by Gasteiger charge is 2.24. The van der Waals surface area contributed by atoms with Crippen molar-refractivity contribution >= 4 is 9.84 Å². The molecule has 1 aliphatic carbocycles. The Balaban J connectivity index is 2.50. The van der Waals surface area contributed by atoms with Crippen LogP contribution in [0, 0.1) is 11.8 Å². The average Bonchev–Trinajstić information content (AvgIpc) is 2.59. The highest BCUT2D eigenvalue weighted by atomic mass is 32.2. The molecule has 3 nitrogen and oxygen atoms in total. The molecular weight excluding hydrogens is 258 g/mol. The fourth-order valence-corrected chi connectivity index (χ4v) is 4.67. The second-order valence-electron chi connectivity index (χ2n) is 5.91. The molecule has 0 amide bonds. The lowest BCUT2D eigenvalue weighted by molar-refractivity contribution is 0.294. The van der Waals surface area contributed by atoms with Gasteiger partial charge in [-0.3, -0.25) is 0 Å². The van der Waals surface area contributed by atoms with Crippen LogP contribution < -0.4 is 5.32 Å². The third-order valence-electron chi connectivity index (χ3n) is 4.29. The van der Waals surface area contributed by atoms with Gasteiger partial charge in [-0.15, -0.1) is 0 Å². The summed E-state index contributed by atoms with van der Waals surface area (Å²) in [5.41, 5.74) is 0. The van der Waals surface area contributed by atoms with Crippen LogP contribution in [0.4, 0.5) is 0 Å². The van der Waals surface area contributed by atoms with Crippen molar-refractivity contribution in [1.29, 1.82) is 0 Å². The summed E-state index contributed by atoms with van der Waals surface area (Å²) in [6.07, 6.45) is 8.02. The summed E-state index contributed by atoms with van der Waals surface area (Å²) in [7, 11) is -2.81. The summed E-state index contributed by atoms with van der Waals surface area (Å²) >= 11 is 0. The molecule has 2 atom stereocenters.